The number of ketones is 1. The summed E-state index contributed by atoms with van der Waals surface area (Å²) in [5, 5.41) is 0.495. The Morgan fingerprint density at radius 3 is 2.60 bits per heavy atom. The normalized spacial score (nSPS) is 11.8. The number of carbonyl (C=O) groups is 1. The summed E-state index contributed by atoms with van der Waals surface area (Å²) in [5.74, 6) is -0.106. The van der Waals surface area contributed by atoms with Crippen LogP contribution in [0, 0.1) is 6.92 Å². The van der Waals surface area contributed by atoms with Crippen molar-refractivity contribution >= 4 is 22.8 Å². The van der Waals surface area contributed by atoms with Gasteiger partial charge < -0.3 is 4.42 Å². The van der Waals surface area contributed by atoms with Crippen LogP contribution in [0.1, 0.15) is 35.3 Å². The molecule has 0 bridgehead atoms. The minimum Gasteiger partial charge on any atom is -0.464 e. The summed E-state index contributed by atoms with van der Waals surface area (Å²) >= 11 is 0. The molecule has 0 fully saturated rings. The molecule has 102 valence electrons. The van der Waals surface area contributed by atoms with Gasteiger partial charge in [0, 0.05) is 11.1 Å². The second kappa shape index (κ2) is 5.70. The first-order chi connectivity index (χ1) is 9.58. The van der Waals surface area contributed by atoms with Crippen molar-refractivity contribution < 1.29 is 9.21 Å². The van der Waals surface area contributed by atoms with Crippen molar-refractivity contribution in [1.82, 2.24) is 0 Å². The Morgan fingerprint density at radius 2 is 1.95 bits per heavy atom. The molecule has 0 spiro atoms. The summed E-state index contributed by atoms with van der Waals surface area (Å²) in [6.45, 7) is 5.37. The lowest BCUT2D eigenvalue weighted by Gasteiger charge is -2.06. The molecule has 0 radical (unpaired) electrons. The average Bonchev–Trinajstić information content (AvgIpc) is 2.43. The van der Waals surface area contributed by atoms with Gasteiger partial charge in [-0.05, 0) is 44.5 Å². The van der Waals surface area contributed by atoms with Gasteiger partial charge in [-0.2, -0.15) is 0 Å². The molecule has 0 unspecified atom stereocenters. The van der Waals surface area contributed by atoms with E-state index in [1.807, 2.05) is 19.1 Å². The van der Waals surface area contributed by atoms with Crippen LogP contribution in [-0.2, 0) is 0 Å². The van der Waals surface area contributed by atoms with Crippen LogP contribution in [0.25, 0.3) is 17.0 Å². The fourth-order valence-electron chi connectivity index (χ4n) is 2.06. The van der Waals surface area contributed by atoms with E-state index in [4.69, 9.17) is 4.42 Å². The van der Waals surface area contributed by atoms with Crippen LogP contribution in [0.5, 0.6) is 0 Å². The minimum absolute atomic E-state index is 0.0676. The SMILES string of the molecule is C/C=C/C(=O)c1cc2occ(C)c(=O)c2cc1/C=C/C. The van der Waals surface area contributed by atoms with Crippen molar-refractivity contribution in [3.63, 3.8) is 0 Å². The van der Waals surface area contributed by atoms with Crippen LogP contribution in [-0.4, -0.2) is 5.78 Å². The summed E-state index contributed by atoms with van der Waals surface area (Å²) in [7, 11) is 0. The van der Waals surface area contributed by atoms with E-state index in [1.54, 1.807) is 32.1 Å². The van der Waals surface area contributed by atoms with Crippen molar-refractivity contribution in [2.45, 2.75) is 20.8 Å². The zero-order valence-electron chi connectivity index (χ0n) is 11.8. The molecule has 3 heteroatoms. The molecular weight excluding hydrogens is 252 g/mol. The second-order valence-corrected chi connectivity index (χ2v) is 4.55. The number of allylic oxidation sites excluding steroid dienone is 3. The number of hydrogen-bond donors (Lipinski definition) is 0. The van der Waals surface area contributed by atoms with E-state index in [1.165, 1.54) is 12.3 Å². The monoisotopic (exact) mass is 268 g/mol. The third-order valence-corrected chi connectivity index (χ3v) is 3.05. The summed E-state index contributed by atoms with van der Waals surface area (Å²) < 4.78 is 5.42. The van der Waals surface area contributed by atoms with E-state index >= 15 is 0 Å². The highest BCUT2D eigenvalue weighted by atomic mass is 16.3. The largest absolute Gasteiger partial charge is 0.464 e. The molecule has 1 heterocycles. The number of fused-ring (bicyclic) bond motifs is 1. The lowest BCUT2D eigenvalue weighted by Crippen LogP contribution is -2.07. The standard InChI is InChI=1S/C17H16O3/c1-4-6-12-8-14-16(20-10-11(3)17(14)19)9-13(12)15(18)7-5-2/h4-10H,1-3H3/b6-4+,7-5+. The zero-order chi connectivity index (χ0) is 14.7. The maximum absolute atomic E-state index is 12.1. The molecule has 0 aliphatic rings. The van der Waals surface area contributed by atoms with E-state index in [2.05, 4.69) is 0 Å². The molecule has 0 amide bonds. The van der Waals surface area contributed by atoms with Gasteiger partial charge in [0.15, 0.2) is 11.2 Å². The predicted octanol–water partition coefficient (Wildman–Crippen LogP) is 3.89. The number of carbonyl (C=O) groups excluding carboxylic acids is 1. The van der Waals surface area contributed by atoms with Crippen molar-refractivity contribution in [2.75, 3.05) is 0 Å². The molecule has 0 N–H and O–H groups in total. The van der Waals surface area contributed by atoms with Gasteiger partial charge in [0.05, 0.1) is 11.6 Å². The molecule has 1 aromatic carbocycles. The molecule has 0 saturated carbocycles. The van der Waals surface area contributed by atoms with E-state index < -0.39 is 0 Å². The molecule has 0 aliphatic heterocycles. The van der Waals surface area contributed by atoms with Crippen molar-refractivity contribution in [3.8, 4) is 0 Å². The maximum Gasteiger partial charge on any atom is 0.195 e. The van der Waals surface area contributed by atoms with E-state index in [9.17, 15) is 9.59 Å². The zero-order valence-corrected chi connectivity index (χ0v) is 11.8. The predicted molar refractivity (Wildman–Crippen MR) is 81.1 cm³/mol. The molecule has 0 atom stereocenters. The highest BCUT2D eigenvalue weighted by Crippen LogP contribution is 2.21. The van der Waals surface area contributed by atoms with Crippen LogP contribution >= 0.6 is 0 Å². The molecule has 0 aliphatic carbocycles. The molecular formula is C17H16O3. The van der Waals surface area contributed by atoms with Gasteiger partial charge in [-0.15, -0.1) is 0 Å². The topological polar surface area (TPSA) is 47.3 Å². The highest BCUT2D eigenvalue weighted by Gasteiger charge is 2.12. The molecule has 2 aromatic rings. The Labute approximate surface area is 117 Å². The van der Waals surface area contributed by atoms with Crippen LogP contribution in [0.2, 0.25) is 0 Å². The molecule has 2 rings (SSSR count). The summed E-state index contributed by atoms with van der Waals surface area (Å²) in [4.78, 5) is 24.2. The maximum atomic E-state index is 12.1. The molecule has 1 aromatic heterocycles. The van der Waals surface area contributed by atoms with Crippen molar-refractivity contribution in [1.29, 1.82) is 0 Å². The third-order valence-electron chi connectivity index (χ3n) is 3.05. The quantitative estimate of drug-likeness (QED) is 0.626. The molecule has 3 nitrogen and oxygen atoms in total. The van der Waals surface area contributed by atoms with Gasteiger partial charge in [-0.25, -0.2) is 0 Å². The first-order valence-electron chi connectivity index (χ1n) is 6.44. The van der Waals surface area contributed by atoms with Gasteiger partial charge in [0.25, 0.3) is 0 Å². The van der Waals surface area contributed by atoms with Gasteiger partial charge in [-0.3, -0.25) is 9.59 Å². The van der Waals surface area contributed by atoms with E-state index in [0.29, 0.717) is 22.1 Å². The van der Waals surface area contributed by atoms with Crippen molar-refractivity contribution in [2.24, 2.45) is 0 Å². The number of aryl methyl sites for hydroxylation is 1. The highest BCUT2D eigenvalue weighted by molar-refractivity contribution is 6.09. The Hall–Kier alpha value is -2.42. The summed E-state index contributed by atoms with van der Waals surface area (Å²) in [5.41, 5.74) is 2.17. The minimum atomic E-state index is -0.106. The van der Waals surface area contributed by atoms with Crippen LogP contribution in [0.15, 0.2) is 45.8 Å². The Morgan fingerprint density at radius 1 is 1.20 bits per heavy atom. The summed E-state index contributed by atoms with van der Waals surface area (Å²) in [6, 6.07) is 3.35. The lowest BCUT2D eigenvalue weighted by molar-refractivity contribution is 0.104. The fourth-order valence-corrected chi connectivity index (χ4v) is 2.06. The lowest BCUT2D eigenvalue weighted by atomic mass is 9.99. The molecule has 0 saturated heterocycles. The number of benzene rings is 1. The summed E-state index contributed by atoms with van der Waals surface area (Å²) in [6.07, 6.45) is 8.27. The first kappa shape index (κ1) is 14.0. The van der Waals surface area contributed by atoms with E-state index in [0.717, 1.165) is 5.56 Å². The molecule has 20 heavy (non-hydrogen) atoms. The Bertz CT molecular complexity index is 777. The smallest absolute Gasteiger partial charge is 0.195 e. The van der Waals surface area contributed by atoms with Crippen LogP contribution in [0.4, 0.5) is 0 Å². The number of hydrogen-bond acceptors (Lipinski definition) is 3. The van der Waals surface area contributed by atoms with Crippen LogP contribution < -0.4 is 5.43 Å². The average molecular weight is 268 g/mol. The van der Waals surface area contributed by atoms with Crippen LogP contribution in [0.3, 0.4) is 0 Å². The van der Waals surface area contributed by atoms with Gasteiger partial charge in [-0.1, -0.05) is 18.2 Å². The number of rotatable bonds is 3. The Balaban J connectivity index is 2.81. The van der Waals surface area contributed by atoms with Crippen molar-refractivity contribution in [3.05, 3.63) is 63.5 Å². The Kier molecular flexibility index (Phi) is 3.99. The van der Waals surface area contributed by atoms with Gasteiger partial charge >= 0.3 is 0 Å². The van der Waals surface area contributed by atoms with Gasteiger partial charge in [0.1, 0.15) is 5.58 Å². The van der Waals surface area contributed by atoms with Gasteiger partial charge in [0.2, 0.25) is 0 Å². The second-order valence-electron chi connectivity index (χ2n) is 4.55. The van der Waals surface area contributed by atoms with E-state index in [-0.39, 0.29) is 11.2 Å². The first-order valence-corrected chi connectivity index (χ1v) is 6.44. The fraction of sp³-hybridized carbons (Fsp3) is 0.176. The third kappa shape index (κ3) is 2.48.